The van der Waals surface area contributed by atoms with Crippen molar-refractivity contribution in [2.75, 3.05) is 47.5 Å². The van der Waals surface area contributed by atoms with Gasteiger partial charge in [0.1, 0.15) is 19.8 Å². The first-order valence-electron chi connectivity index (χ1n) is 32.4. The molecule has 0 saturated heterocycles. The molecule has 0 aliphatic heterocycles. The number of likely N-dealkylation sites (N-methyl/N-ethyl adjacent to an activating group) is 1. The zero-order chi connectivity index (χ0) is 62.6. The van der Waals surface area contributed by atoms with Crippen LogP contribution in [0.5, 0.6) is 0 Å². The molecule has 86 heavy (non-hydrogen) atoms. The molecule has 0 heterocycles. The van der Waals surface area contributed by atoms with Crippen LogP contribution in [-0.2, 0) is 32.7 Å². The number of esters is 2. The second-order valence-electron chi connectivity index (χ2n) is 21.7. The summed E-state index contributed by atoms with van der Waals surface area (Å²) in [6.07, 6.45) is 103. The average Bonchev–Trinajstić information content (AvgIpc) is 3.56. The molecule has 0 spiro atoms. The van der Waals surface area contributed by atoms with E-state index in [0.29, 0.717) is 30.3 Å². The third-order valence-electron chi connectivity index (χ3n) is 12.5. The van der Waals surface area contributed by atoms with E-state index in [-0.39, 0.29) is 26.1 Å². The van der Waals surface area contributed by atoms with Crippen LogP contribution in [0.3, 0.4) is 0 Å². The third kappa shape index (κ3) is 67.5. The number of nitrogens with zero attached hydrogens (tertiary/aromatic N) is 1. The Morgan fingerprint density at radius 3 is 0.965 bits per heavy atom. The van der Waals surface area contributed by atoms with Crippen LogP contribution in [0.4, 0.5) is 0 Å². The molecule has 0 saturated carbocycles. The maximum atomic E-state index is 12.8. The number of allylic oxidation sites excluding steroid dienone is 36. The molecule has 0 rings (SSSR count). The second-order valence-corrected chi connectivity index (χ2v) is 23.1. The van der Waals surface area contributed by atoms with Crippen molar-refractivity contribution in [3.63, 3.8) is 0 Å². The number of hydrogen-bond acceptors (Lipinski definition) is 8. The summed E-state index contributed by atoms with van der Waals surface area (Å²) in [5.74, 6) is -0.947. The van der Waals surface area contributed by atoms with Crippen LogP contribution in [0.25, 0.3) is 0 Å². The summed E-state index contributed by atoms with van der Waals surface area (Å²) in [7, 11) is 1.08. The maximum absolute atomic E-state index is 12.8. The fraction of sp³-hybridized carbons (Fsp3) is 0.500. The van der Waals surface area contributed by atoms with E-state index in [1.165, 1.54) is 0 Å². The Morgan fingerprint density at radius 2 is 0.640 bits per heavy atom. The molecule has 2 atom stereocenters. The lowest BCUT2D eigenvalue weighted by Crippen LogP contribution is -2.37. The van der Waals surface area contributed by atoms with Crippen molar-refractivity contribution >= 4 is 19.8 Å². The van der Waals surface area contributed by atoms with E-state index in [1.807, 2.05) is 27.2 Å². The monoisotopic (exact) mass is 1200 g/mol. The predicted octanol–water partition coefficient (Wildman–Crippen LogP) is 20.6. The van der Waals surface area contributed by atoms with E-state index in [9.17, 15) is 19.0 Å². The Hall–Kier alpha value is -5.67. The Balaban J connectivity index is 4.30. The molecule has 0 bridgehead atoms. The zero-order valence-corrected chi connectivity index (χ0v) is 55.0. The zero-order valence-electron chi connectivity index (χ0n) is 54.1. The predicted molar refractivity (Wildman–Crippen MR) is 368 cm³/mol. The highest BCUT2D eigenvalue weighted by molar-refractivity contribution is 7.45. The van der Waals surface area contributed by atoms with Crippen LogP contribution in [0, 0.1) is 0 Å². The van der Waals surface area contributed by atoms with Crippen molar-refractivity contribution in [2.45, 2.75) is 200 Å². The van der Waals surface area contributed by atoms with Gasteiger partial charge in [-0.1, -0.05) is 252 Å². The molecule has 2 unspecified atom stereocenters. The molecule has 478 valence electrons. The SMILES string of the molecule is CC/C=C\C/C=C\C/C=C\C/C=C\C/C=C\C/C=C\C/C=C\C/C=C\C/C=C\C/C=C\C/C=C\CCCCCCCC(=O)OC(COC(=O)CCC/C=C\C/C=C\C/C=C\C/C=C\C/C=C\C/C=C\C/C=C\CC)COP(=O)([O-])OCC[N+](C)(C)C. The summed E-state index contributed by atoms with van der Waals surface area (Å²) in [5, 5.41) is 0. The fourth-order valence-corrected chi connectivity index (χ4v) is 8.32. The normalized spacial score (nSPS) is 14.6. The first kappa shape index (κ1) is 80.3. The fourth-order valence-electron chi connectivity index (χ4n) is 7.59. The molecule has 0 aromatic heterocycles. The van der Waals surface area contributed by atoms with Crippen LogP contribution in [-0.4, -0.2) is 70.0 Å². The lowest BCUT2D eigenvalue weighted by Gasteiger charge is -2.28. The van der Waals surface area contributed by atoms with Crippen molar-refractivity contribution in [1.82, 2.24) is 0 Å². The van der Waals surface area contributed by atoms with Crippen molar-refractivity contribution in [2.24, 2.45) is 0 Å². The Morgan fingerprint density at radius 1 is 0.360 bits per heavy atom. The van der Waals surface area contributed by atoms with Crippen LogP contribution in [0.15, 0.2) is 219 Å². The maximum Gasteiger partial charge on any atom is 0.306 e. The van der Waals surface area contributed by atoms with E-state index >= 15 is 0 Å². The lowest BCUT2D eigenvalue weighted by atomic mass is 10.1. The van der Waals surface area contributed by atoms with Gasteiger partial charge < -0.3 is 27.9 Å². The van der Waals surface area contributed by atoms with Crippen LogP contribution < -0.4 is 4.89 Å². The molecule has 0 aromatic rings. The summed E-state index contributed by atoms with van der Waals surface area (Å²) >= 11 is 0. The molecule has 10 heteroatoms. The number of phosphoric ester groups is 1. The number of rotatable bonds is 56. The van der Waals surface area contributed by atoms with E-state index in [2.05, 4.69) is 227 Å². The molecule has 0 amide bonds. The molecular formula is C76H116NO8P. The van der Waals surface area contributed by atoms with Crippen molar-refractivity contribution in [3.05, 3.63) is 219 Å². The van der Waals surface area contributed by atoms with Gasteiger partial charge in [-0.15, -0.1) is 0 Å². The molecule has 0 aliphatic carbocycles. The highest BCUT2D eigenvalue weighted by Crippen LogP contribution is 2.38. The minimum atomic E-state index is -4.68. The van der Waals surface area contributed by atoms with Gasteiger partial charge in [0.15, 0.2) is 6.10 Å². The van der Waals surface area contributed by atoms with E-state index in [1.54, 1.807) is 0 Å². The quantitative estimate of drug-likeness (QED) is 0.0195. The van der Waals surface area contributed by atoms with E-state index in [4.69, 9.17) is 18.5 Å². The molecular weight excluding hydrogens is 1090 g/mol. The summed E-state index contributed by atoms with van der Waals surface area (Å²) in [5.41, 5.74) is 0. The summed E-state index contributed by atoms with van der Waals surface area (Å²) < 4.78 is 34.1. The van der Waals surface area contributed by atoms with Gasteiger partial charge in [0.2, 0.25) is 0 Å². The largest absolute Gasteiger partial charge is 0.756 e. The molecule has 0 aromatic carbocycles. The molecule has 9 nitrogen and oxygen atoms in total. The van der Waals surface area contributed by atoms with Gasteiger partial charge in [-0.05, 0) is 148 Å². The van der Waals surface area contributed by atoms with Gasteiger partial charge in [0, 0.05) is 12.8 Å². The number of hydrogen-bond donors (Lipinski definition) is 0. The van der Waals surface area contributed by atoms with Crippen LogP contribution >= 0.6 is 7.82 Å². The smallest absolute Gasteiger partial charge is 0.306 e. The number of ether oxygens (including phenoxy) is 2. The summed E-state index contributed by atoms with van der Waals surface area (Å²) in [6, 6.07) is 0. The number of phosphoric acid groups is 1. The van der Waals surface area contributed by atoms with Gasteiger partial charge in [0.05, 0.1) is 27.7 Å². The molecule has 0 N–H and O–H groups in total. The topological polar surface area (TPSA) is 111 Å². The van der Waals surface area contributed by atoms with Crippen molar-refractivity contribution in [1.29, 1.82) is 0 Å². The van der Waals surface area contributed by atoms with Crippen molar-refractivity contribution < 1.29 is 42.1 Å². The number of unbranched alkanes of at least 4 members (excludes halogenated alkanes) is 6. The average molecular weight is 1200 g/mol. The Labute approximate surface area is 525 Å². The first-order chi connectivity index (χ1) is 42.0. The highest BCUT2D eigenvalue weighted by Gasteiger charge is 2.21. The summed E-state index contributed by atoms with van der Waals surface area (Å²) in [6.45, 7) is 3.88. The van der Waals surface area contributed by atoms with Gasteiger partial charge in [-0.3, -0.25) is 14.2 Å². The van der Waals surface area contributed by atoms with E-state index in [0.717, 1.165) is 148 Å². The minimum absolute atomic E-state index is 0.0575. The number of carbonyl (C=O) groups is 2. The Bertz CT molecular complexity index is 2250. The number of quaternary nitrogens is 1. The third-order valence-corrected chi connectivity index (χ3v) is 13.5. The lowest BCUT2D eigenvalue weighted by molar-refractivity contribution is -0.870. The standard InChI is InChI=1S/C76H116NO8P/c1-6-8-10-12-14-16-18-20-22-24-26-28-30-31-32-33-34-35-36-37-38-39-40-41-42-43-44-45-47-49-51-53-55-57-59-61-63-65-67-69-76(79)85-74(73-84-86(80,81)83-71-70-77(3,4)5)72-82-75(78)68-66-64-62-60-58-56-54-52-50-48-46-29-27-25-23-21-19-17-15-13-11-9-7-2/h8-11,14-17,20-23,26-29,31-32,34-35,37-38,40-41,43-44,47-50,53-56,60,62,74H,6-7,12-13,18-19,24-25,30,33,36,39,42,45-46,51-52,57-59,61,63-73H2,1-5H3/b10-8-,11-9-,16-14-,17-15-,22-20-,23-21-,28-26-,29-27-,32-31-,35-34-,38-37-,41-40-,44-43-,49-47-,50-48-,55-53-,56-54-,62-60-. The highest BCUT2D eigenvalue weighted by atomic mass is 31.2. The summed E-state index contributed by atoms with van der Waals surface area (Å²) in [4.78, 5) is 37.9. The van der Waals surface area contributed by atoms with Gasteiger partial charge in [-0.2, -0.15) is 0 Å². The van der Waals surface area contributed by atoms with Gasteiger partial charge in [0.25, 0.3) is 7.82 Å². The molecule has 0 radical (unpaired) electrons. The molecule has 0 aliphatic rings. The van der Waals surface area contributed by atoms with Gasteiger partial charge in [-0.25, -0.2) is 0 Å². The molecule has 0 fully saturated rings. The second kappa shape index (κ2) is 63.8. The van der Waals surface area contributed by atoms with Crippen LogP contribution in [0.2, 0.25) is 0 Å². The minimum Gasteiger partial charge on any atom is -0.756 e. The number of carbonyl (C=O) groups excluding carboxylic acids is 2. The van der Waals surface area contributed by atoms with Crippen LogP contribution in [0.1, 0.15) is 194 Å². The van der Waals surface area contributed by atoms with Crippen molar-refractivity contribution in [3.8, 4) is 0 Å². The first-order valence-corrected chi connectivity index (χ1v) is 33.9. The van der Waals surface area contributed by atoms with Gasteiger partial charge >= 0.3 is 11.9 Å². The van der Waals surface area contributed by atoms with E-state index < -0.39 is 32.5 Å². The Kier molecular flexibility index (Phi) is 59.6.